The Kier molecular flexibility index (Phi) is 8.55. The van der Waals surface area contributed by atoms with Gasteiger partial charge in [-0.1, -0.05) is 0 Å². The van der Waals surface area contributed by atoms with Crippen LogP contribution >= 0.6 is 12.4 Å². The molecule has 4 N–H and O–H groups in total. The predicted molar refractivity (Wildman–Crippen MR) is 111 cm³/mol. The summed E-state index contributed by atoms with van der Waals surface area (Å²) in [6, 6.07) is 10.1. The number of nitrogens with one attached hydrogen (secondary N) is 2. The van der Waals surface area contributed by atoms with Gasteiger partial charge in [-0.25, -0.2) is 8.42 Å². The number of benzene rings is 2. The van der Waals surface area contributed by atoms with Crippen LogP contribution in [0.15, 0.2) is 47.4 Å². The van der Waals surface area contributed by atoms with Gasteiger partial charge in [0.2, 0.25) is 5.91 Å². The highest BCUT2D eigenvalue weighted by atomic mass is 35.5. The zero-order valence-electron chi connectivity index (χ0n) is 15.8. The maximum absolute atomic E-state index is 12.8. The Hall–Kier alpha value is -2.49. The summed E-state index contributed by atoms with van der Waals surface area (Å²) in [7, 11) is -2.59. The first-order chi connectivity index (χ1) is 12.8. The van der Waals surface area contributed by atoms with Crippen molar-refractivity contribution < 1.29 is 22.7 Å². The SMILES string of the molecule is CCOc1ccc(NS(=O)(=O)c2cc(NC(=O)[C@H](C)N)ccc2OC)cc1.Cl. The van der Waals surface area contributed by atoms with E-state index >= 15 is 0 Å². The zero-order chi connectivity index (χ0) is 20.0. The molecule has 154 valence electrons. The fourth-order valence-corrected chi connectivity index (χ4v) is 3.47. The minimum Gasteiger partial charge on any atom is -0.495 e. The Labute approximate surface area is 170 Å². The molecular formula is C18H24ClN3O5S. The lowest BCUT2D eigenvalue weighted by Gasteiger charge is -2.14. The van der Waals surface area contributed by atoms with Gasteiger partial charge < -0.3 is 20.5 Å². The van der Waals surface area contributed by atoms with Gasteiger partial charge in [-0.05, 0) is 56.3 Å². The fraction of sp³-hybridized carbons (Fsp3) is 0.278. The summed E-state index contributed by atoms with van der Waals surface area (Å²) in [5, 5.41) is 2.56. The van der Waals surface area contributed by atoms with Gasteiger partial charge in [0.1, 0.15) is 16.4 Å². The Bertz CT molecular complexity index is 902. The number of methoxy groups -OCH3 is 1. The number of hydrogen-bond acceptors (Lipinski definition) is 6. The lowest BCUT2D eigenvalue weighted by molar-refractivity contribution is -0.117. The van der Waals surface area contributed by atoms with Crippen LogP contribution in [-0.4, -0.2) is 34.1 Å². The number of ether oxygens (including phenoxy) is 2. The van der Waals surface area contributed by atoms with E-state index in [4.69, 9.17) is 15.2 Å². The van der Waals surface area contributed by atoms with Crippen molar-refractivity contribution in [3.8, 4) is 11.5 Å². The molecule has 0 aromatic heterocycles. The minimum absolute atomic E-state index is 0. The number of anilines is 2. The van der Waals surface area contributed by atoms with E-state index in [0.29, 0.717) is 23.7 Å². The molecule has 0 bridgehead atoms. The van der Waals surface area contributed by atoms with Gasteiger partial charge >= 0.3 is 0 Å². The molecule has 0 saturated heterocycles. The van der Waals surface area contributed by atoms with Crippen LogP contribution in [0.5, 0.6) is 11.5 Å². The second kappa shape index (κ2) is 10.2. The zero-order valence-corrected chi connectivity index (χ0v) is 17.4. The Balaban J connectivity index is 0.00000392. The summed E-state index contributed by atoms with van der Waals surface area (Å²) < 4.78 is 38.6. The molecule has 8 nitrogen and oxygen atoms in total. The Morgan fingerprint density at radius 1 is 1.14 bits per heavy atom. The summed E-state index contributed by atoms with van der Waals surface area (Å²) in [6.45, 7) is 3.91. The van der Waals surface area contributed by atoms with Crippen LogP contribution in [-0.2, 0) is 14.8 Å². The molecule has 1 atom stereocenters. The van der Waals surface area contributed by atoms with E-state index in [1.165, 1.54) is 32.2 Å². The summed E-state index contributed by atoms with van der Waals surface area (Å²) in [4.78, 5) is 11.6. The van der Waals surface area contributed by atoms with Gasteiger partial charge in [0.05, 0.1) is 19.8 Å². The van der Waals surface area contributed by atoms with Gasteiger partial charge in [-0.3, -0.25) is 9.52 Å². The van der Waals surface area contributed by atoms with Crippen LogP contribution in [0, 0.1) is 0 Å². The van der Waals surface area contributed by atoms with E-state index in [1.54, 1.807) is 24.3 Å². The van der Waals surface area contributed by atoms with Crippen LogP contribution in [0.25, 0.3) is 0 Å². The van der Waals surface area contributed by atoms with E-state index in [1.807, 2.05) is 6.92 Å². The highest BCUT2D eigenvalue weighted by Gasteiger charge is 2.21. The van der Waals surface area contributed by atoms with Crippen LogP contribution in [0.2, 0.25) is 0 Å². The van der Waals surface area contributed by atoms with E-state index in [2.05, 4.69) is 10.0 Å². The number of sulfonamides is 1. The molecule has 0 aliphatic heterocycles. The average molecular weight is 430 g/mol. The van der Waals surface area contributed by atoms with Crippen molar-refractivity contribution in [2.45, 2.75) is 24.8 Å². The molecule has 0 radical (unpaired) electrons. The average Bonchev–Trinajstić information content (AvgIpc) is 2.63. The minimum atomic E-state index is -3.96. The molecule has 2 rings (SSSR count). The highest BCUT2D eigenvalue weighted by molar-refractivity contribution is 7.92. The van der Waals surface area contributed by atoms with Crippen molar-refractivity contribution in [1.82, 2.24) is 0 Å². The number of hydrogen-bond donors (Lipinski definition) is 3. The summed E-state index contributed by atoms with van der Waals surface area (Å²) in [5.41, 5.74) is 6.18. The molecule has 0 aliphatic rings. The predicted octanol–water partition coefficient (Wildman–Crippen LogP) is 2.60. The maximum atomic E-state index is 12.8. The van der Waals surface area contributed by atoms with Crippen molar-refractivity contribution in [1.29, 1.82) is 0 Å². The van der Waals surface area contributed by atoms with Crippen LogP contribution in [0.1, 0.15) is 13.8 Å². The fourth-order valence-electron chi connectivity index (χ4n) is 2.22. The van der Waals surface area contributed by atoms with Crippen LogP contribution in [0.4, 0.5) is 11.4 Å². The molecular weight excluding hydrogens is 406 g/mol. The van der Waals surface area contributed by atoms with Gasteiger partial charge in [0.25, 0.3) is 10.0 Å². The molecule has 0 fully saturated rings. The topological polar surface area (TPSA) is 120 Å². The first-order valence-corrected chi connectivity index (χ1v) is 9.75. The first kappa shape index (κ1) is 23.5. The monoisotopic (exact) mass is 429 g/mol. The van der Waals surface area contributed by atoms with E-state index < -0.39 is 22.0 Å². The summed E-state index contributed by atoms with van der Waals surface area (Å²) >= 11 is 0. The molecule has 0 spiro atoms. The van der Waals surface area contributed by atoms with Gasteiger partial charge in [0, 0.05) is 11.4 Å². The lowest BCUT2D eigenvalue weighted by atomic mass is 10.2. The molecule has 2 aromatic rings. The second-order valence-corrected chi connectivity index (χ2v) is 7.36. The van der Waals surface area contributed by atoms with Crippen molar-refractivity contribution >= 4 is 39.7 Å². The third kappa shape index (κ3) is 6.01. The van der Waals surface area contributed by atoms with E-state index in [0.717, 1.165) is 0 Å². The van der Waals surface area contributed by atoms with Crippen molar-refractivity contribution in [2.24, 2.45) is 5.73 Å². The molecule has 1 amide bonds. The number of halogens is 1. The Morgan fingerprint density at radius 2 is 1.75 bits per heavy atom. The van der Waals surface area contributed by atoms with Gasteiger partial charge in [-0.15, -0.1) is 12.4 Å². The van der Waals surface area contributed by atoms with Crippen LogP contribution < -0.4 is 25.2 Å². The number of nitrogens with two attached hydrogens (primary N) is 1. The molecule has 28 heavy (non-hydrogen) atoms. The highest BCUT2D eigenvalue weighted by Crippen LogP contribution is 2.29. The molecule has 0 heterocycles. The Morgan fingerprint density at radius 3 is 2.29 bits per heavy atom. The van der Waals surface area contributed by atoms with E-state index in [-0.39, 0.29) is 23.1 Å². The molecule has 2 aromatic carbocycles. The second-order valence-electron chi connectivity index (χ2n) is 5.71. The standard InChI is InChI=1S/C18H23N3O5S.ClH/c1-4-26-15-8-5-13(6-9-15)21-27(23,24)17-11-14(7-10-16(17)25-3)20-18(22)12(2)19;/h5-12,21H,4,19H2,1-3H3,(H,20,22);1H/t12-;/m0./s1. The number of amides is 1. The summed E-state index contributed by atoms with van der Waals surface area (Å²) in [6.07, 6.45) is 0. The lowest BCUT2D eigenvalue weighted by Crippen LogP contribution is -2.32. The largest absolute Gasteiger partial charge is 0.495 e. The molecule has 0 aliphatic carbocycles. The van der Waals surface area contributed by atoms with Gasteiger partial charge in [0.15, 0.2) is 0 Å². The third-order valence-electron chi connectivity index (χ3n) is 3.55. The smallest absolute Gasteiger partial charge is 0.265 e. The van der Waals surface area contributed by atoms with Crippen LogP contribution in [0.3, 0.4) is 0 Å². The number of rotatable bonds is 8. The third-order valence-corrected chi connectivity index (χ3v) is 4.95. The number of carbonyl (C=O) groups is 1. The first-order valence-electron chi connectivity index (χ1n) is 8.27. The normalized spacial score (nSPS) is 11.7. The summed E-state index contributed by atoms with van der Waals surface area (Å²) in [5.74, 6) is 0.355. The van der Waals surface area contributed by atoms with Crippen molar-refractivity contribution in [3.63, 3.8) is 0 Å². The number of carbonyl (C=O) groups excluding carboxylic acids is 1. The molecule has 0 unspecified atom stereocenters. The molecule has 0 saturated carbocycles. The van der Waals surface area contributed by atoms with Crippen molar-refractivity contribution in [2.75, 3.05) is 23.8 Å². The van der Waals surface area contributed by atoms with Crippen molar-refractivity contribution in [3.05, 3.63) is 42.5 Å². The molecule has 10 heteroatoms. The quantitative estimate of drug-likeness (QED) is 0.593. The van der Waals surface area contributed by atoms with Gasteiger partial charge in [-0.2, -0.15) is 0 Å². The van der Waals surface area contributed by atoms with E-state index in [9.17, 15) is 13.2 Å². The maximum Gasteiger partial charge on any atom is 0.265 e.